The average molecular weight is 239 g/mol. The maximum absolute atomic E-state index is 12.6. The molecule has 0 aliphatic rings. The highest BCUT2D eigenvalue weighted by molar-refractivity contribution is 6.29. The number of hydrogen-bond acceptors (Lipinski definition) is 2. The lowest BCUT2D eigenvalue weighted by molar-refractivity contribution is 0.0966. The summed E-state index contributed by atoms with van der Waals surface area (Å²) in [6, 6.07) is 8.80. The van der Waals surface area contributed by atoms with E-state index in [1.54, 1.807) is 12.1 Å². The molecule has 0 amide bonds. The number of furan rings is 1. The van der Waals surface area contributed by atoms with Crippen molar-refractivity contribution in [3.05, 3.63) is 58.8 Å². The van der Waals surface area contributed by atoms with Crippen molar-refractivity contribution in [2.24, 2.45) is 0 Å². The van der Waals surface area contributed by atoms with Gasteiger partial charge in [-0.2, -0.15) is 0 Å². The molecule has 0 radical (unpaired) electrons. The molecule has 2 rings (SSSR count). The average Bonchev–Trinajstić information content (AvgIpc) is 2.68. The van der Waals surface area contributed by atoms with Crippen molar-refractivity contribution in [3.63, 3.8) is 0 Å². The van der Waals surface area contributed by atoms with E-state index in [1.807, 2.05) is 0 Å². The van der Waals surface area contributed by atoms with Gasteiger partial charge in [0.15, 0.2) is 11.0 Å². The molecular weight excluding hydrogens is 231 g/mol. The number of hydrogen-bond donors (Lipinski definition) is 0. The zero-order valence-electron chi connectivity index (χ0n) is 8.24. The quantitative estimate of drug-likeness (QED) is 0.766. The molecule has 4 heteroatoms. The Balaban J connectivity index is 2.10. The van der Waals surface area contributed by atoms with Gasteiger partial charge in [-0.25, -0.2) is 4.39 Å². The van der Waals surface area contributed by atoms with Crippen LogP contribution >= 0.6 is 11.6 Å². The van der Waals surface area contributed by atoms with Crippen molar-refractivity contribution in [2.75, 3.05) is 0 Å². The molecule has 0 saturated heterocycles. The first-order chi connectivity index (χ1) is 7.65. The molecule has 0 bridgehead atoms. The fourth-order valence-corrected chi connectivity index (χ4v) is 1.49. The Kier molecular flexibility index (Phi) is 3.06. The minimum Gasteiger partial charge on any atom is -0.442 e. The first-order valence-electron chi connectivity index (χ1n) is 4.68. The molecule has 0 atom stereocenters. The first kappa shape index (κ1) is 10.9. The predicted molar refractivity (Wildman–Crippen MR) is 58.2 cm³/mol. The molecule has 0 aliphatic carbocycles. The van der Waals surface area contributed by atoms with Gasteiger partial charge in [-0.1, -0.05) is 12.1 Å². The van der Waals surface area contributed by atoms with Crippen LogP contribution in [0.25, 0.3) is 0 Å². The summed E-state index contributed by atoms with van der Waals surface area (Å²) in [4.78, 5) is 11.7. The molecule has 2 aromatic rings. The molecule has 0 unspecified atom stereocenters. The van der Waals surface area contributed by atoms with Crippen LogP contribution in [0.4, 0.5) is 4.39 Å². The number of carbonyl (C=O) groups excluding carboxylic acids is 1. The van der Waals surface area contributed by atoms with Gasteiger partial charge in [-0.3, -0.25) is 4.79 Å². The lowest BCUT2D eigenvalue weighted by Gasteiger charge is -1.98. The Hall–Kier alpha value is -1.61. The number of carbonyl (C=O) groups is 1. The van der Waals surface area contributed by atoms with Gasteiger partial charge in [-0.05, 0) is 41.4 Å². The molecule has 0 N–H and O–H groups in total. The van der Waals surface area contributed by atoms with E-state index >= 15 is 0 Å². The molecule has 2 nitrogen and oxygen atoms in total. The minimum absolute atomic E-state index is 0.171. The Bertz CT molecular complexity index is 502. The van der Waals surface area contributed by atoms with E-state index in [0.29, 0.717) is 0 Å². The lowest BCUT2D eigenvalue weighted by Crippen LogP contribution is -2.01. The zero-order chi connectivity index (χ0) is 11.5. The van der Waals surface area contributed by atoms with Crippen LogP contribution in [-0.4, -0.2) is 5.78 Å². The second-order valence-electron chi connectivity index (χ2n) is 3.33. The fourth-order valence-electron chi connectivity index (χ4n) is 1.34. The van der Waals surface area contributed by atoms with Crippen molar-refractivity contribution in [1.82, 2.24) is 0 Å². The first-order valence-corrected chi connectivity index (χ1v) is 5.06. The molecule has 1 heterocycles. The summed E-state index contributed by atoms with van der Waals surface area (Å²) in [7, 11) is 0. The number of benzene rings is 1. The van der Waals surface area contributed by atoms with Crippen molar-refractivity contribution < 1.29 is 13.6 Å². The van der Waals surface area contributed by atoms with E-state index in [0.717, 1.165) is 5.56 Å². The smallest absolute Gasteiger partial charge is 0.202 e. The van der Waals surface area contributed by atoms with Gasteiger partial charge in [0, 0.05) is 6.42 Å². The number of Topliss-reactive ketones (excluding diaryl/α,β-unsaturated/α-hetero) is 1. The highest BCUT2D eigenvalue weighted by atomic mass is 35.5. The summed E-state index contributed by atoms with van der Waals surface area (Å²) in [5.41, 5.74) is 0.735. The van der Waals surface area contributed by atoms with E-state index in [4.69, 9.17) is 16.0 Å². The Morgan fingerprint density at radius 3 is 2.44 bits per heavy atom. The Morgan fingerprint density at radius 2 is 1.88 bits per heavy atom. The van der Waals surface area contributed by atoms with Crippen molar-refractivity contribution >= 4 is 17.4 Å². The van der Waals surface area contributed by atoms with Crippen LogP contribution in [0.3, 0.4) is 0 Å². The molecule has 0 fully saturated rings. The van der Waals surface area contributed by atoms with Crippen LogP contribution in [-0.2, 0) is 6.42 Å². The van der Waals surface area contributed by atoms with Crippen LogP contribution in [0.1, 0.15) is 16.1 Å². The summed E-state index contributed by atoms with van der Waals surface area (Å²) in [6.45, 7) is 0. The van der Waals surface area contributed by atoms with Gasteiger partial charge in [0.1, 0.15) is 5.82 Å². The molecule has 16 heavy (non-hydrogen) atoms. The second kappa shape index (κ2) is 4.49. The standard InChI is InChI=1S/C12H8ClFO2/c13-12-6-5-11(16-12)10(15)7-8-1-3-9(14)4-2-8/h1-6H,7H2. The molecule has 0 saturated carbocycles. The molecule has 0 aliphatic heterocycles. The third kappa shape index (κ3) is 2.49. The fraction of sp³-hybridized carbons (Fsp3) is 0.0833. The zero-order valence-corrected chi connectivity index (χ0v) is 9.00. The Morgan fingerprint density at radius 1 is 1.19 bits per heavy atom. The Labute approximate surface area is 96.6 Å². The third-order valence-electron chi connectivity index (χ3n) is 2.13. The summed E-state index contributed by atoms with van der Waals surface area (Å²) in [6.07, 6.45) is 0.171. The predicted octanol–water partition coefficient (Wildman–Crippen LogP) is 3.50. The molecule has 1 aromatic heterocycles. The maximum Gasteiger partial charge on any atom is 0.202 e. The number of rotatable bonds is 3. The molecule has 82 valence electrons. The van der Waals surface area contributed by atoms with Crippen LogP contribution in [0.2, 0.25) is 5.22 Å². The number of ketones is 1. The van der Waals surface area contributed by atoms with E-state index in [2.05, 4.69) is 0 Å². The maximum atomic E-state index is 12.6. The van der Waals surface area contributed by atoms with Crippen LogP contribution in [0.15, 0.2) is 40.8 Å². The largest absolute Gasteiger partial charge is 0.442 e. The van der Waals surface area contributed by atoms with E-state index in [-0.39, 0.29) is 29.0 Å². The highest BCUT2D eigenvalue weighted by Gasteiger charge is 2.11. The van der Waals surface area contributed by atoms with Crippen molar-refractivity contribution in [2.45, 2.75) is 6.42 Å². The number of halogens is 2. The summed E-state index contributed by atoms with van der Waals surface area (Å²) in [5, 5.41) is 0.183. The van der Waals surface area contributed by atoms with E-state index in [9.17, 15) is 9.18 Å². The van der Waals surface area contributed by atoms with E-state index in [1.165, 1.54) is 24.3 Å². The van der Waals surface area contributed by atoms with Crippen LogP contribution in [0, 0.1) is 5.82 Å². The molecule has 0 spiro atoms. The van der Waals surface area contributed by atoms with Crippen LogP contribution < -0.4 is 0 Å². The van der Waals surface area contributed by atoms with Gasteiger partial charge in [-0.15, -0.1) is 0 Å². The summed E-state index contributed by atoms with van der Waals surface area (Å²) in [5.74, 6) is -0.287. The monoisotopic (exact) mass is 238 g/mol. The molecule has 1 aromatic carbocycles. The van der Waals surface area contributed by atoms with Crippen molar-refractivity contribution in [3.8, 4) is 0 Å². The van der Waals surface area contributed by atoms with Gasteiger partial charge < -0.3 is 4.42 Å². The highest BCUT2D eigenvalue weighted by Crippen LogP contribution is 2.15. The van der Waals surface area contributed by atoms with E-state index < -0.39 is 0 Å². The van der Waals surface area contributed by atoms with Gasteiger partial charge in [0.25, 0.3) is 0 Å². The second-order valence-corrected chi connectivity index (χ2v) is 3.70. The van der Waals surface area contributed by atoms with Crippen LogP contribution in [0.5, 0.6) is 0 Å². The van der Waals surface area contributed by atoms with Crippen molar-refractivity contribution in [1.29, 1.82) is 0 Å². The lowest BCUT2D eigenvalue weighted by atomic mass is 10.1. The normalized spacial score (nSPS) is 10.4. The third-order valence-corrected chi connectivity index (χ3v) is 2.33. The molecular formula is C12H8ClFO2. The SMILES string of the molecule is O=C(Cc1ccc(F)cc1)c1ccc(Cl)o1. The topological polar surface area (TPSA) is 30.2 Å². The van der Waals surface area contributed by atoms with Gasteiger partial charge in [0.2, 0.25) is 5.78 Å². The summed E-state index contributed by atoms with van der Waals surface area (Å²) >= 11 is 5.56. The van der Waals surface area contributed by atoms with Gasteiger partial charge >= 0.3 is 0 Å². The van der Waals surface area contributed by atoms with Gasteiger partial charge in [0.05, 0.1) is 0 Å². The summed E-state index contributed by atoms with van der Waals surface area (Å²) < 4.78 is 17.6. The minimum atomic E-state index is -0.322.